The molecule has 0 aromatic heterocycles. The molecule has 0 aliphatic rings. The lowest BCUT2D eigenvalue weighted by atomic mass is 9.99. The second-order valence-electron chi connectivity index (χ2n) is 5.96. The van der Waals surface area contributed by atoms with E-state index in [0.717, 1.165) is 0 Å². The molecule has 0 radical (unpaired) electrons. The van der Waals surface area contributed by atoms with Gasteiger partial charge in [-0.05, 0) is 47.5 Å². The van der Waals surface area contributed by atoms with Crippen LogP contribution in [-0.4, -0.2) is 50.6 Å². The Labute approximate surface area is 173 Å². The van der Waals surface area contributed by atoms with Gasteiger partial charge in [0, 0.05) is 0 Å². The number of rotatable bonds is 7. The zero-order valence-corrected chi connectivity index (χ0v) is 17.0. The van der Waals surface area contributed by atoms with Crippen molar-refractivity contribution < 1.29 is 38.7 Å². The van der Waals surface area contributed by atoms with E-state index in [-0.39, 0.29) is 34.1 Å². The molecule has 2 rings (SSSR count). The number of aromatic hydroxyl groups is 2. The average Bonchev–Trinajstić information content (AvgIpc) is 2.77. The van der Waals surface area contributed by atoms with E-state index in [2.05, 4.69) is 0 Å². The fourth-order valence-electron chi connectivity index (χ4n) is 2.61. The van der Waals surface area contributed by atoms with Crippen molar-refractivity contribution in [3.63, 3.8) is 0 Å². The summed E-state index contributed by atoms with van der Waals surface area (Å²) in [5.41, 5.74) is 0.791. The maximum atomic E-state index is 12.5. The van der Waals surface area contributed by atoms with E-state index in [4.69, 9.17) is 18.9 Å². The van der Waals surface area contributed by atoms with Crippen LogP contribution in [-0.2, 0) is 19.1 Å². The number of carbonyl (C=O) groups is 2. The lowest BCUT2D eigenvalue weighted by Gasteiger charge is -2.11. The van der Waals surface area contributed by atoms with Crippen LogP contribution in [0.2, 0.25) is 0 Å². The van der Waals surface area contributed by atoms with Crippen LogP contribution in [0, 0.1) is 0 Å². The number of methoxy groups -OCH3 is 4. The second-order valence-corrected chi connectivity index (χ2v) is 5.96. The molecule has 2 N–H and O–H groups in total. The lowest BCUT2D eigenvalue weighted by molar-refractivity contribution is -0.139. The molecule has 8 heteroatoms. The molecule has 0 saturated carbocycles. The molecule has 8 nitrogen and oxygen atoms in total. The summed E-state index contributed by atoms with van der Waals surface area (Å²) < 4.78 is 19.8. The van der Waals surface area contributed by atoms with Gasteiger partial charge in [0.15, 0.2) is 23.0 Å². The minimum Gasteiger partial charge on any atom is -0.504 e. The SMILES string of the molecule is COC(=O)C(=C\c1ccc(O)c(OC)c1)/C(=C\c1ccc(O)c(OC)c1)C(=O)OC. The summed E-state index contributed by atoms with van der Waals surface area (Å²) in [5.74, 6) is -1.31. The summed E-state index contributed by atoms with van der Waals surface area (Å²) in [6.07, 6.45) is 2.82. The third-order valence-corrected chi connectivity index (χ3v) is 4.13. The van der Waals surface area contributed by atoms with E-state index in [9.17, 15) is 19.8 Å². The van der Waals surface area contributed by atoms with Gasteiger partial charge in [-0.25, -0.2) is 9.59 Å². The number of phenolic OH excluding ortho intramolecular Hbond substituents is 2. The summed E-state index contributed by atoms with van der Waals surface area (Å²) >= 11 is 0. The molecule has 0 heterocycles. The molecule has 30 heavy (non-hydrogen) atoms. The van der Waals surface area contributed by atoms with Crippen LogP contribution in [0.3, 0.4) is 0 Å². The Bertz CT molecular complexity index is 923. The molecule has 0 atom stereocenters. The van der Waals surface area contributed by atoms with E-state index in [1.54, 1.807) is 12.1 Å². The molecule has 0 bridgehead atoms. The predicted molar refractivity (Wildman–Crippen MR) is 109 cm³/mol. The Kier molecular flexibility index (Phi) is 7.46. The van der Waals surface area contributed by atoms with Crippen molar-refractivity contribution in [2.75, 3.05) is 28.4 Å². The van der Waals surface area contributed by atoms with Crippen LogP contribution in [0.5, 0.6) is 23.0 Å². The highest BCUT2D eigenvalue weighted by atomic mass is 16.5. The van der Waals surface area contributed by atoms with E-state index >= 15 is 0 Å². The molecule has 158 valence electrons. The van der Waals surface area contributed by atoms with Crippen LogP contribution in [0.4, 0.5) is 0 Å². The number of ether oxygens (including phenoxy) is 4. The number of esters is 2. The maximum Gasteiger partial charge on any atom is 0.338 e. The smallest absolute Gasteiger partial charge is 0.338 e. The Morgan fingerprint density at radius 3 is 1.37 bits per heavy atom. The van der Waals surface area contributed by atoms with Gasteiger partial charge in [-0.1, -0.05) is 12.1 Å². The Balaban J connectivity index is 2.67. The summed E-state index contributed by atoms with van der Waals surface area (Å²) in [4.78, 5) is 25.0. The van der Waals surface area contributed by atoms with Crippen LogP contribution >= 0.6 is 0 Å². The number of phenols is 2. The third kappa shape index (κ3) is 5.11. The third-order valence-electron chi connectivity index (χ3n) is 4.13. The monoisotopic (exact) mass is 414 g/mol. The topological polar surface area (TPSA) is 112 Å². The molecule has 0 amide bonds. The first kappa shape index (κ1) is 22.4. The summed E-state index contributed by atoms with van der Waals surface area (Å²) in [6.45, 7) is 0. The first-order valence-corrected chi connectivity index (χ1v) is 8.69. The van der Waals surface area contributed by atoms with Crippen LogP contribution in [0.1, 0.15) is 11.1 Å². The van der Waals surface area contributed by atoms with Gasteiger partial charge in [0.1, 0.15) is 0 Å². The van der Waals surface area contributed by atoms with E-state index in [1.165, 1.54) is 64.9 Å². The van der Waals surface area contributed by atoms with Crippen molar-refractivity contribution >= 4 is 24.1 Å². The maximum absolute atomic E-state index is 12.5. The van der Waals surface area contributed by atoms with Gasteiger partial charge in [0.2, 0.25) is 0 Å². The minimum absolute atomic E-state index is 0.0748. The molecule has 0 spiro atoms. The van der Waals surface area contributed by atoms with Gasteiger partial charge in [0.05, 0.1) is 39.6 Å². The molecule has 2 aromatic rings. The van der Waals surface area contributed by atoms with Gasteiger partial charge < -0.3 is 29.2 Å². The van der Waals surface area contributed by atoms with Crippen molar-refractivity contribution in [3.8, 4) is 23.0 Å². The number of benzene rings is 2. The van der Waals surface area contributed by atoms with Crippen molar-refractivity contribution in [3.05, 3.63) is 58.7 Å². The van der Waals surface area contributed by atoms with Crippen molar-refractivity contribution in [1.29, 1.82) is 0 Å². The molecule has 0 fully saturated rings. The van der Waals surface area contributed by atoms with Crippen LogP contribution in [0.15, 0.2) is 47.5 Å². The fourth-order valence-corrected chi connectivity index (χ4v) is 2.61. The summed E-state index contributed by atoms with van der Waals surface area (Å²) in [5, 5.41) is 19.5. The van der Waals surface area contributed by atoms with E-state index < -0.39 is 11.9 Å². The normalized spacial score (nSPS) is 11.6. The highest BCUT2D eigenvalue weighted by Crippen LogP contribution is 2.30. The molecule has 0 unspecified atom stereocenters. The largest absolute Gasteiger partial charge is 0.504 e. The van der Waals surface area contributed by atoms with E-state index in [1.807, 2.05) is 0 Å². The quantitative estimate of drug-likeness (QED) is 0.404. The standard InChI is InChI=1S/C22H22O8/c1-27-19-11-13(5-7-17(19)23)9-15(21(25)29-3)16(22(26)30-4)10-14-6-8-18(24)20(12-14)28-2/h5-12,23-24H,1-4H3/b15-9-,16-10+. The molecular weight excluding hydrogens is 392 g/mol. The first-order valence-electron chi connectivity index (χ1n) is 8.69. The molecule has 0 saturated heterocycles. The van der Waals surface area contributed by atoms with Crippen molar-refractivity contribution in [2.45, 2.75) is 0 Å². The van der Waals surface area contributed by atoms with Gasteiger partial charge >= 0.3 is 11.9 Å². The molecule has 2 aromatic carbocycles. The second kappa shape index (κ2) is 10.0. The number of hydrogen-bond acceptors (Lipinski definition) is 8. The van der Waals surface area contributed by atoms with Gasteiger partial charge in [-0.2, -0.15) is 0 Å². The van der Waals surface area contributed by atoms with E-state index in [0.29, 0.717) is 11.1 Å². The Morgan fingerprint density at radius 2 is 1.07 bits per heavy atom. The molecule has 0 aliphatic heterocycles. The fraction of sp³-hybridized carbons (Fsp3) is 0.182. The first-order chi connectivity index (χ1) is 14.3. The van der Waals surface area contributed by atoms with Crippen molar-refractivity contribution in [1.82, 2.24) is 0 Å². The van der Waals surface area contributed by atoms with Crippen molar-refractivity contribution in [2.24, 2.45) is 0 Å². The molecule has 0 aliphatic carbocycles. The Hall–Kier alpha value is -3.94. The average molecular weight is 414 g/mol. The lowest BCUT2D eigenvalue weighted by Crippen LogP contribution is -2.15. The van der Waals surface area contributed by atoms with Gasteiger partial charge in [0.25, 0.3) is 0 Å². The Morgan fingerprint density at radius 1 is 0.700 bits per heavy atom. The minimum atomic E-state index is -0.774. The zero-order chi connectivity index (χ0) is 22.3. The van der Waals surface area contributed by atoms with Crippen LogP contribution < -0.4 is 9.47 Å². The number of hydrogen-bond donors (Lipinski definition) is 2. The van der Waals surface area contributed by atoms with Gasteiger partial charge in [-0.15, -0.1) is 0 Å². The highest BCUT2D eigenvalue weighted by Gasteiger charge is 2.23. The summed E-state index contributed by atoms with van der Waals surface area (Å²) in [7, 11) is 5.15. The van der Waals surface area contributed by atoms with Gasteiger partial charge in [-0.3, -0.25) is 0 Å². The molecular formula is C22H22O8. The predicted octanol–water partition coefficient (Wildman–Crippen LogP) is 2.93. The highest BCUT2D eigenvalue weighted by molar-refractivity contribution is 6.12. The van der Waals surface area contributed by atoms with Crippen LogP contribution in [0.25, 0.3) is 12.2 Å². The zero-order valence-electron chi connectivity index (χ0n) is 17.0. The summed E-state index contributed by atoms with van der Waals surface area (Å²) in [6, 6.07) is 8.87. The number of carbonyl (C=O) groups excluding carboxylic acids is 2.